The zero-order valence-electron chi connectivity index (χ0n) is 10.6. The number of fused-ring (bicyclic) bond motifs is 1. The third-order valence-corrected chi connectivity index (χ3v) is 4.50. The predicted octanol–water partition coefficient (Wildman–Crippen LogP) is 3.68. The summed E-state index contributed by atoms with van der Waals surface area (Å²) in [5, 5.41) is 13.9. The summed E-state index contributed by atoms with van der Waals surface area (Å²) in [6, 6.07) is 11.9. The van der Waals surface area contributed by atoms with Crippen LogP contribution in [-0.2, 0) is 0 Å². The van der Waals surface area contributed by atoms with Crippen LogP contribution in [0.15, 0.2) is 53.3 Å². The van der Waals surface area contributed by atoms with Gasteiger partial charge in [0.1, 0.15) is 5.01 Å². The summed E-state index contributed by atoms with van der Waals surface area (Å²) in [7, 11) is 0. The fourth-order valence-electron chi connectivity index (χ4n) is 2.01. The highest BCUT2D eigenvalue weighted by Crippen LogP contribution is 2.28. The van der Waals surface area contributed by atoms with Crippen LogP contribution >= 0.6 is 27.3 Å². The zero-order valence-corrected chi connectivity index (χ0v) is 13.0. The molecule has 0 aliphatic rings. The van der Waals surface area contributed by atoms with Gasteiger partial charge < -0.3 is 0 Å². The molecule has 4 aromatic rings. The van der Waals surface area contributed by atoms with Crippen LogP contribution in [-0.4, -0.2) is 24.8 Å². The van der Waals surface area contributed by atoms with Crippen LogP contribution in [0.1, 0.15) is 0 Å². The molecule has 3 heterocycles. The van der Waals surface area contributed by atoms with Crippen LogP contribution < -0.4 is 0 Å². The van der Waals surface area contributed by atoms with E-state index >= 15 is 0 Å². The van der Waals surface area contributed by atoms with Crippen molar-refractivity contribution >= 4 is 32.2 Å². The maximum Gasteiger partial charge on any atom is 0.235 e. The Bertz CT molecular complexity index is 898. The molecular formula is C14H8BrN5S. The van der Waals surface area contributed by atoms with Crippen LogP contribution in [0.5, 0.6) is 0 Å². The topological polar surface area (TPSA) is 56.0 Å². The van der Waals surface area contributed by atoms with Gasteiger partial charge in [0.05, 0.1) is 0 Å². The van der Waals surface area contributed by atoms with E-state index in [1.165, 1.54) is 11.3 Å². The molecule has 0 radical (unpaired) electrons. The van der Waals surface area contributed by atoms with Crippen molar-refractivity contribution in [2.75, 3.05) is 0 Å². The first-order valence-corrected chi connectivity index (χ1v) is 7.81. The molecule has 4 rings (SSSR count). The first-order valence-electron chi connectivity index (χ1n) is 6.20. The maximum atomic E-state index is 4.62. The smallest absolute Gasteiger partial charge is 0.235 e. The fourth-order valence-corrected chi connectivity index (χ4v) is 3.12. The number of rotatable bonds is 2. The lowest BCUT2D eigenvalue weighted by molar-refractivity contribution is 0.970. The molecular weight excluding hydrogens is 350 g/mol. The number of hydrogen-bond donors (Lipinski definition) is 0. The normalized spacial score (nSPS) is 11.1. The Morgan fingerprint density at radius 3 is 2.43 bits per heavy atom. The molecule has 0 spiro atoms. The Morgan fingerprint density at radius 2 is 1.67 bits per heavy atom. The Hall–Kier alpha value is -2.12. The number of halogens is 1. The summed E-state index contributed by atoms with van der Waals surface area (Å²) in [6.07, 6.45) is 3.47. The van der Waals surface area contributed by atoms with Crippen molar-refractivity contribution in [3.05, 3.63) is 53.3 Å². The van der Waals surface area contributed by atoms with E-state index in [-0.39, 0.29) is 0 Å². The van der Waals surface area contributed by atoms with E-state index in [2.05, 4.69) is 36.2 Å². The third kappa shape index (κ3) is 2.24. The van der Waals surface area contributed by atoms with E-state index in [0.717, 1.165) is 31.4 Å². The van der Waals surface area contributed by atoms with Crippen molar-refractivity contribution < 1.29 is 0 Å². The molecule has 0 aliphatic carbocycles. The molecule has 5 nitrogen and oxygen atoms in total. The van der Waals surface area contributed by atoms with E-state index in [1.54, 1.807) is 16.9 Å². The second kappa shape index (κ2) is 5.01. The average molecular weight is 358 g/mol. The lowest BCUT2D eigenvalue weighted by Crippen LogP contribution is -1.91. The average Bonchev–Trinajstić information content (AvgIpc) is 3.09. The van der Waals surface area contributed by atoms with Crippen molar-refractivity contribution in [2.24, 2.45) is 0 Å². The lowest BCUT2D eigenvalue weighted by Gasteiger charge is -1.96. The minimum absolute atomic E-state index is 0.729. The van der Waals surface area contributed by atoms with E-state index in [4.69, 9.17) is 0 Å². The van der Waals surface area contributed by atoms with E-state index in [0.29, 0.717) is 0 Å². The van der Waals surface area contributed by atoms with Crippen molar-refractivity contribution in [1.29, 1.82) is 0 Å². The molecule has 0 amide bonds. The summed E-state index contributed by atoms with van der Waals surface area (Å²) in [5.41, 5.74) is 2.01. The lowest BCUT2D eigenvalue weighted by atomic mass is 10.2. The van der Waals surface area contributed by atoms with Gasteiger partial charge in [-0.25, -0.2) is 0 Å². The number of nitrogens with zero attached hydrogens (tertiary/aromatic N) is 5. The van der Waals surface area contributed by atoms with Gasteiger partial charge in [-0.05, 0) is 24.3 Å². The van der Waals surface area contributed by atoms with Gasteiger partial charge in [-0.2, -0.15) is 9.61 Å². The summed E-state index contributed by atoms with van der Waals surface area (Å²) < 4.78 is 2.82. The highest BCUT2D eigenvalue weighted by Gasteiger charge is 2.14. The van der Waals surface area contributed by atoms with Gasteiger partial charge in [0.2, 0.25) is 4.96 Å². The Labute approximate surface area is 132 Å². The summed E-state index contributed by atoms with van der Waals surface area (Å²) in [6.45, 7) is 0. The first-order chi connectivity index (χ1) is 10.3. The molecule has 3 aromatic heterocycles. The molecule has 102 valence electrons. The molecule has 0 fully saturated rings. The fraction of sp³-hybridized carbons (Fsp3) is 0. The van der Waals surface area contributed by atoms with Crippen LogP contribution in [0.25, 0.3) is 26.9 Å². The SMILES string of the molecule is Brc1ccc(-c2nn3c(-c4ccncc4)nnc3s2)cc1. The van der Waals surface area contributed by atoms with Crippen molar-refractivity contribution in [1.82, 2.24) is 24.8 Å². The van der Waals surface area contributed by atoms with Gasteiger partial charge in [0, 0.05) is 28.0 Å². The van der Waals surface area contributed by atoms with Gasteiger partial charge in [0.15, 0.2) is 5.82 Å². The largest absolute Gasteiger partial charge is 0.265 e. The van der Waals surface area contributed by atoms with Crippen LogP contribution in [0.2, 0.25) is 0 Å². The Morgan fingerprint density at radius 1 is 0.905 bits per heavy atom. The quantitative estimate of drug-likeness (QED) is 0.549. The third-order valence-electron chi connectivity index (χ3n) is 3.02. The minimum atomic E-state index is 0.729. The van der Waals surface area contributed by atoms with Gasteiger partial charge in [0.25, 0.3) is 0 Å². The molecule has 0 saturated carbocycles. The zero-order chi connectivity index (χ0) is 14.2. The van der Waals surface area contributed by atoms with Crippen LogP contribution in [0.3, 0.4) is 0 Å². The molecule has 7 heteroatoms. The van der Waals surface area contributed by atoms with Gasteiger partial charge in [-0.1, -0.05) is 39.4 Å². The standard InChI is InChI=1S/C14H8BrN5S/c15-11-3-1-10(2-4-11)13-19-20-12(17-18-14(20)21-13)9-5-7-16-8-6-9/h1-8H. The Kier molecular flexibility index (Phi) is 3.01. The second-order valence-electron chi connectivity index (χ2n) is 4.37. The molecule has 0 N–H and O–H groups in total. The molecule has 21 heavy (non-hydrogen) atoms. The molecule has 0 aliphatic heterocycles. The number of benzene rings is 1. The summed E-state index contributed by atoms with van der Waals surface area (Å²) in [5.74, 6) is 0.729. The highest BCUT2D eigenvalue weighted by atomic mass is 79.9. The number of hydrogen-bond acceptors (Lipinski definition) is 5. The second-order valence-corrected chi connectivity index (χ2v) is 6.24. The maximum absolute atomic E-state index is 4.62. The molecule has 0 unspecified atom stereocenters. The minimum Gasteiger partial charge on any atom is -0.265 e. The van der Waals surface area contributed by atoms with Crippen LogP contribution in [0.4, 0.5) is 0 Å². The van der Waals surface area contributed by atoms with E-state index in [1.807, 2.05) is 36.4 Å². The van der Waals surface area contributed by atoms with Gasteiger partial charge >= 0.3 is 0 Å². The molecule has 0 saturated heterocycles. The van der Waals surface area contributed by atoms with Gasteiger partial charge in [-0.3, -0.25) is 4.98 Å². The Balaban J connectivity index is 1.84. The monoisotopic (exact) mass is 357 g/mol. The highest BCUT2D eigenvalue weighted by molar-refractivity contribution is 9.10. The van der Waals surface area contributed by atoms with Gasteiger partial charge in [-0.15, -0.1) is 10.2 Å². The molecule has 0 bridgehead atoms. The van der Waals surface area contributed by atoms with E-state index in [9.17, 15) is 0 Å². The number of aromatic nitrogens is 5. The molecule has 0 atom stereocenters. The van der Waals surface area contributed by atoms with E-state index < -0.39 is 0 Å². The van der Waals surface area contributed by atoms with Crippen LogP contribution in [0, 0.1) is 0 Å². The van der Waals surface area contributed by atoms with Crippen molar-refractivity contribution in [3.63, 3.8) is 0 Å². The summed E-state index contributed by atoms with van der Waals surface area (Å²) in [4.78, 5) is 4.79. The summed E-state index contributed by atoms with van der Waals surface area (Å²) >= 11 is 4.96. The molecule has 1 aromatic carbocycles. The number of pyridine rings is 1. The van der Waals surface area contributed by atoms with Crippen molar-refractivity contribution in [2.45, 2.75) is 0 Å². The predicted molar refractivity (Wildman–Crippen MR) is 85.0 cm³/mol. The first kappa shape index (κ1) is 12.6. The van der Waals surface area contributed by atoms with Crippen molar-refractivity contribution in [3.8, 4) is 22.0 Å².